The lowest BCUT2D eigenvalue weighted by molar-refractivity contribution is 0.0973. The highest BCUT2D eigenvalue weighted by Gasteiger charge is 2.36. The zero-order valence-electron chi connectivity index (χ0n) is 20.7. The van der Waals surface area contributed by atoms with Crippen LogP contribution < -0.4 is 10.0 Å². The maximum Gasteiger partial charge on any atom is 0.304 e. The Morgan fingerprint density at radius 3 is 2.16 bits per heavy atom. The highest BCUT2D eigenvalue weighted by atomic mass is 32.2. The molecule has 1 saturated heterocycles. The molecule has 1 fully saturated rings. The first-order valence-electron chi connectivity index (χ1n) is 12.3. The summed E-state index contributed by atoms with van der Waals surface area (Å²) in [5, 5.41) is 2.44. The highest BCUT2D eigenvalue weighted by molar-refractivity contribution is 7.89. The van der Waals surface area contributed by atoms with Crippen LogP contribution in [-0.2, 0) is 45.9 Å². The third-order valence-corrected chi connectivity index (χ3v) is 11.3. The minimum absolute atomic E-state index is 0.0204. The van der Waals surface area contributed by atoms with Gasteiger partial charge in [-0.15, -0.1) is 0 Å². The molecule has 3 aliphatic rings. The van der Waals surface area contributed by atoms with E-state index in [-0.39, 0.29) is 43.5 Å². The summed E-state index contributed by atoms with van der Waals surface area (Å²) in [4.78, 5) is 16.8. The van der Waals surface area contributed by atoms with Crippen molar-refractivity contribution in [1.29, 1.82) is 0 Å². The molecule has 2 aliphatic carbocycles. The van der Waals surface area contributed by atoms with Gasteiger partial charge in [-0.25, -0.2) is 21.8 Å². The lowest BCUT2D eigenvalue weighted by atomic mass is 9.98. The number of benzene rings is 1. The molecule has 14 heteroatoms. The molecule has 0 saturated carbocycles. The van der Waals surface area contributed by atoms with Crippen LogP contribution in [0.3, 0.4) is 0 Å². The summed E-state index contributed by atoms with van der Waals surface area (Å²) in [5.41, 5.74) is 3.81. The molecule has 5 rings (SSSR count). The Kier molecular flexibility index (Phi) is 6.79. The van der Waals surface area contributed by atoms with E-state index in [9.17, 15) is 26.0 Å². The minimum Gasteiger partial charge on any atom is -0.431 e. The molecular formula is C23H30FN5O6S2. The quantitative estimate of drug-likeness (QED) is 0.527. The Balaban J connectivity index is 1.27. The van der Waals surface area contributed by atoms with Gasteiger partial charge in [0, 0.05) is 32.9 Å². The number of fused-ring (bicyclic) bond motifs is 2. The van der Waals surface area contributed by atoms with E-state index >= 15 is 0 Å². The van der Waals surface area contributed by atoms with Gasteiger partial charge < -0.3 is 9.73 Å². The molecule has 37 heavy (non-hydrogen) atoms. The molecule has 2 heterocycles. The SMILES string of the molecule is CN(C)S(=O)(=O)C1CCN(S(=O)(=O)NC(=O)c2coc(Nc3c4c(c(F)c5c3CCC5)CCC4)n2)CC1. The van der Waals surface area contributed by atoms with Crippen LogP contribution in [0.15, 0.2) is 10.7 Å². The van der Waals surface area contributed by atoms with E-state index in [0.717, 1.165) is 68.5 Å². The van der Waals surface area contributed by atoms with Crippen LogP contribution in [0, 0.1) is 5.82 Å². The Labute approximate surface area is 215 Å². The Morgan fingerprint density at radius 2 is 1.59 bits per heavy atom. The molecule has 2 aromatic rings. The second kappa shape index (κ2) is 9.64. The van der Waals surface area contributed by atoms with E-state index in [2.05, 4.69) is 10.3 Å². The molecule has 0 bridgehead atoms. The largest absolute Gasteiger partial charge is 0.431 e. The number of aromatic nitrogens is 1. The topological polar surface area (TPSA) is 142 Å². The number of nitrogens with zero attached hydrogens (tertiary/aromatic N) is 3. The summed E-state index contributed by atoms with van der Waals surface area (Å²) in [6.45, 7) is -0.0699. The molecule has 1 aromatic carbocycles. The van der Waals surface area contributed by atoms with Gasteiger partial charge in [-0.3, -0.25) is 4.79 Å². The van der Waals surface area contributed by atoms with Crippen LogP contribution in [0.2, 0.25) is 0 Å². The van der Waals surface area contributed by atoms with Gasteiger partial charge in [0.1, 0.15) is 12.1 Å². The summed E-state index contributed by atoms with van der Waals surface area (Å²) in [6.07, 6.45) is 5.87. The molecule has 202 valence electrons. The summed E-state index contributed by atoms with van der Waals surface area (Å²) >= 11 is 0. The van der Waals surface area contributed by atoms with Gasteiger partial charge in [-0.1, -0.05) is 0 Å². The van der Waals surface area contributed by atoms with Crippen molar-refractivity contribution < 1.29 is 30.4 Å². The van der Waals surface area contributed by atoms with Crippen molar-refractivity contribution in [3.05, 3.63) is 40.0 Å². The predicted molar refractivity (Wildman–Crippen MR) is 134 cm³/mol. The third kappa shape index (κ3) is 4.75. The molecule has 0 unspecified atom stereocenters. The van der Waals surface area contributed by atoms with Crippen molar-refractivity contribution in [3.63, 3.8) is 0 Å². The van der Waals surface area contributed by atoms with Gasteiger partial charge in [0.15, 0.2) is 5.69 Å². The van der Waals surface area contributed by atoms with Crippen molar-refractivity contribution in [2.75, 3.05) is 32.5 Å². The minimum atomic E-state index is -4.21. The summed E-state index contributed by atoms with van der Waals surface area (Å²) in [6, 6.07) is 0.0204. The number of amides is 1. The number of rotatable bonds is 7. The maximum atomic E-state index is 14.9. The third-order valence-electron chi connectivity index (χ3n) is 7.43. The number of carbonyl (C=O) groups excluding carboxylic acids is 1. The lowest BCUT2D eigenvalue weighted by Gasteiger charge is -2.31. The first-order valence-corrected chi connectivity index (χ1v) is 15.2. The van der Waals surface area contributed by atoms with E-state index in [1.807, 2.05) is 4.72 Å². The van der Waals surface area contributed by atoms with E-state index in [0.29, 0.717) is 12.8 Å². The fraction of sp³-hybridized carbons (Fsp3) is 0.565. The number of sulfonamides is 1. The average molecular weight is 556 g/mol. The maximum absolute atomic E-state index is 14.9. The normalized spacial score (nSPS) is 18.7. The van der Waals surface area contributed by atoms with Crippen LogP contribution in [0.1, 0.15) is 58.4 Å². The Bertz CT molecular complexity index is 1410. The first-order chi connectivity index (χ1) is 17.5. The standard InChI is InChI=1S/C23H30FN5O6S2/c1-28(2)36(31,32)14-9-11-29(12-10-14)37(33,34)27-22(30)19-13-35-23(25-19)26-21-17-7-3-5-15(17)20(24)16-6-4-8-18(16)21/h13-14H,3-12H2,1-2H3,(H,25,26)(H,27,30). The number of nitrogens with one attached hydrogen (secondary N) is 2. The number of piperidine rings is 1. The van der Waals surface area contributed by atoms with Crippen molar-refractivity contribution in [2.45, 2.75) is 56.6 Å². The Hall–Kier alpha value is -2.55. The van der Waals surface area contributed by atoms with Gasteiger partial charge in [-0.2, -0.15) is 17.7 Å². The molecular weight excluding hydrogens is 525 g/mol. The first kappa shape index (κ1) is 26.1. The van der Waals surface area contributed by atoms with Crippen molar-refractivity contribution in [3.8, 4) is 0 Å². The number of anilines is 2. The lowest BCUT2D eigenvalue weighted by Crippen LogP contribution is -2.50. The molecule has 0 spiro atoms. The van der Waals surface area contributed by atoms with Crippen LogP contribution in [-0.4, -0.2) is 68.8 Å². The molecule has 2 N–H and O–H groups in total. The number of hydrogen-bond acceptors (Lipinski definition) is 8. The summed E-state index contributed by atoms with van der Waals surface area (Å²) in [7, 11) is -4.82. The van der Waals surface area contributed by atoms with Gasteiger partial charge in [-0.05, 0) is 73.6 Å². The van der Waals surface area contributed by atoms with Gasteiger partial charge in [0.05, 0.1) is 5.25 Å². The van der Waals surface area contributed by atoms with Gasteiger partial charge in [0.25, 0.3) is 11.9 Å². The highest BCUT2D eigenvalue weighted by Crippen LogP contribution is 2.42. The van der Waals surface area contributed by atoms with Crippen LogP contribution in [0.4, 0.5) is 16.1 Å². The fourth-order valence-corrected chi connectivity index (χ4v) is 8.05. The van der Waals surface area contributed by atoms with Crippen molar-refractivity contribution in [2.24, 2.45) is 0 Å². The molecule has 1 aromatic heterocycles. The van der Waals surface area contributed by atoms with E-state index in [1.54, 1.807) is 0 Å². The number of hydrogen-bond donors (Lipinski definition) is 2. The van der Waals surface area contributed by atoms with Crippen LogP contribution in [0.25, 0.3) is 0 Å². The van der Waals surface area contributed by atoms with E-state index in [1.165, 1.54) is 14.1 Å². The zero-order valence-corrected chi connectivity index (χ0v) is 22.3. The van der Waals surface area contributed by atoms with Crippen molar-refractivity contribution >= 4 is 37.8 Å². The van der Waals surface area contributed by atoms with Gasteiger partial charge >= 0.3 is 10.2 Å². The van der Waals surface area contributed by atoms with Crippen LogP contribution >= 0.6 is 0 Å². The summed E-state index contributed by atoms with van der Waals surface area (Å²) in [5.74, 6) is -1.07. The molecule has 1 amide bonds. The second-order valence-electron chi connectivity index (χ2n) is 9.84. The monoisotopic (exact) mass is 555 g/mol. The van der Waals surface area contributed by atoms with Gasteiger partial charge in [0.2, 0.25) is 10.0 Å². The molecule has 0 radical (unpaired) electrons. The Morgan fingerprint density at radius 1 is 1.03 bits per heavy atom. The number of oxazole rings is 1. The van der Waals surface area contributed by atoms with E-state index < -0.39 is 31.4 Å². The number of carbonyl (C=O) groups is 1. The summed E-state index contributed by atoms with van der Waals surface area (Å²) < 4.78 is 74.7. The second-order valence-corrected chi connectivity index (χ2v) is 13.9. The fourth-order valence-electron chi connectivity index (χ4n) is 5.48. The van der Waals surface area contributed by atoms with Crippen LogP contribution in [0.5, 0.6) is 0 Å². The molecule has 0 atom stereocenters. The zero-order chi connectivity index (χ0) is 26.5. The predicted octanol–water partition coefficient (Wildman–Crippen LogP) is 1.87. The molecule has 1 aliphatic heterocycles. The van der Waals surface area contributed by atoms with E-state index in [4.69, 9.17) is 4.42 Å². The average Bonchev–Trinajstić information content (AvgIpc) is 3.62. The smallest absolute Gasteiger partial charge is 0.304 e. The molecule has 11 nitrogen and oxygen atoms in total. The number of halogens is 1. The van der Waals surface area contributed by atoms with Crippen molar-refractivity contribution in [1.82, 2.24) is 18.3 Å².